The predicted octanol–water partition coefficient (Wildman–Crippen LogP) is 3.65. The summed E-state index contributed by atoms with van der Waals surface area (Å²) >= 11 is 0. The summed E-state index contributed by atoms with van der Waals surface area (Å²) in [6, 6.07) is 6.60. The Labute approximate surface area is 154 Å². The topological polar surface area (TPSA) is 47.2 Å². The highest BCUT2D eigenvalue weighted by molar-refractivity contribution is 5.64. The minimum Gasteiger partial charge on any atom is -0.267 e. The van der Waals surface area contributed by atoms with E-state index in [2.05, 4.69) is 48.1 Å². The molecular weight excluding hydrogens is 322 g/mol. The Morgan fingerprint density at radius 2 is 2.23 bits per heavy atom. The van der Waals surface area contributed by atoms with E-state index in [4.69, 9.17) is 6.42 Å². The summed E-state index contributed by atoms with van der Waals surface area (Å²) < 4.78 is 1.30. The molecule has 132 valence electrons. The average molecular weight is 345 g/mol. The van der Waals surface area contributed by atoms with Gasteiger partial charge in [0.25, 0.3) is 5.56 Å². The molecule has 2 aromatic rings. The highest BCUT2D eigenvalue weighted by atomic mass is 16.1. The van der Waals surface area contributed by atoms with Crippen LogP contribution in [0.2, 0.25) is 0 Å². The number of fused-ring (bicyclic) bond motifs is 1. The lowest BCUT2D eigenvalue weighted by Crippen LogP contribution is -2.30. The SMILES string of the molecule is C#C/C=C(\N=CC)n1ncc2c(c1=O)CCC(c1ccc(C)cc1C)C2. The molecule has 1 heterocycles. The molecule has 1 aromatic carbocycles. The van der Waals surface area contributed by atoms with Crippen molar-refractivity contribution in [3.63, 3.8) is 0 Å². The number of rotatable bonds is 3. The second-order valence-corrected chi connectivity index (χ2v) is 6.72. The Balaban J connectivity index is 1.97. The van der Waals surface area contributed by atoms with E-state index in [1.165, 1.54) is 27.4 Å². The van der Waals surface area contributed by atoms with Crippen LogP contribution in [0.3, 0.4) is 0 Å². The maximum Gasteiger partial charge on any atom is 0.276 e. The van der Waals surface area contributed by atoms with E-state index >= 15 is 0 Å². The molecule has 0 spiro atoms. The minimum absolute atomic E-state index is 0.117. The molecule has 4 heteroatoms. The smallest absolute Gasteiger partial charge is 0.267 e. The highest BCUT2D eigenvalue weighted by Gasteiger charge is 2.25. The molecule has 4 nitrogen and oxygen atoms in total. The maximum atomic E-state index is 12.9. The monoisotopic (exact) mass is 345 g/mol. The maximum absolute atomic E-state index is 12.9. The molecule has 1 aliphatic carbocycles. The summed E-state index contributed by atoms with van der Waals surface area (Å²) in [5, 5.41) is 4.32. The molecule has 0 N–H and O–H groups in total. The number of hydrogen-bond donors (Lipinski definition) is 0. The Hall–Kier alpha value is -2.93. The van der Waals surface area contributed by atoms with Gasteiger partial charge in [-0.2, -0.15) is 9.78 Å². The first kappa shape index (κ1) is 17.9. The summed E-state index contributed by atoms with van der Waals surface area (Å²) in [4.78, 5) is 17.0. The molecule has 0 aliphatic heterocycles. The van der Waals surface area contributed by atoms with Crippen LogP contribution >= 0.6 is 0 Å². The molecule has 1 aliphatic rings. The highest BCUT2D eigenvalue weighted by Crippen LogP contribution is 2.33. The zero-order valence-electron chi connectivity index (χ0n) is 15.5. The lowest BCUT2D eigenvalue weighted by atomic mass is 9.79. The van der Waals surface area contributed by atoms with Crippen LogP contribution in [0.4, 0.5) is 0 Å². The van der Waals surface area contributed by atoms with Crippen LogP contribution < -0.4 is 5.56 Å². The second-order valence-electron chi connectivity index (χ2n) is 6.72. The van der Waals surface area contributed by atoms with Gasteiger partial charge in [-0.25, -0.2) is 4.99 Å². The fourth-order valence-electron chi connectivity index (χ4n) is 3.72. The third-order valence-corrected chi connectivity index (χ3v) is 4.93. The van der Waals surface area contributed by atoms with Crippen LogP contribution in [0.15, 0.2) is 40.3 Å². The molecule has 0 saturated carbocycles. The van der Waals surface area contributed by atoms with Crippen LogP contribution in [-0.2, 0) is 12.8 Å². The number of aromatic nitrogens is 2. The summed E-state index contributed by atoms with van der Waals surface area (Å²) in [5.41, 5.74) is 5.70. The average Bonchev–Trinajstić information content (AvgIpc) is 2.62. The number of terminal acetylenes is 1. The Kier molecular flexibility index (Phi) is 5.18. The van der Waals surface area contributed by atoms with Crippen molar-refractivity contribution in [2.24, 2.45) is 4.99 Å². The molecule has 0 bridgehead atoms. The van der Waals surface area contributed by atoms with Crippen LogP contribution in [0.1, 0.15) is 47.1 Å². The molecule has 3 rings (SSSR count). The van der Waals surface area contributed by atoms with Crippen molar-refractivity contribution in [3.8, 4) is 12.3 Å². The predicted molar refractivity (Wildman–Crippen MR) is 106 cm³/mol. The van der Waals surface area contributed by atoms with Crippen LogP contribution in [-0.4, -0.2) is 16.0 Å². The van der Waals surface area contributed by atoms with E-state index in [0.29, 0.717) is 11.7 Å². The summed E-state index contributed by atoms with van der Waals surface area (Å²) in [7, 11) is 0. The molecule has 0 fully saturated rings. The van der Waals surface area contributed by atoms with Crippen molar-refractivity contribution < 1.29 is 0 Å². The third kappa shape index (κ3) is 3.39. The second kappa shape index (κ2) is 7.53. The first-order valence-electron chi connectivity index (χ1n) is 8.87. The standard InChI is InChI=1S/C22H23N3O/c1-5-7-21(23-6-2)25-22(26)20-11-9-17(13-18(20)14-24-25)19-10-8-15(3)12-16(19)4/h1,6-8,10,12,14,17H,9,11,13H2,2-4H3/b21-7+,23-6?. The fourth-order valence-corrected chi connectivity index (χ4v) is 3.72. The van der Waals surface area contributed by atoms with Crippen molar-refractivity contribution in [2.45, 2.75) is 46.0 Å². The minimum atomic E-state index is -0.117. The summed E-state index contributed by atoms with van der Waals surface area (Å²) in [6.07, 6.45) is 12.8. The van der Waals surface area contributed by atoms with Gasteiger partial charge in [0.2, 0.25) is 0 Å². The van der Waals surface area contributed by atoms with Gasteiger partial charge in [0.1, 0.15) is 0 Å². The zero-order chi connectivity index (χ0) is 18.7. The van der Waals surface area contributed by atoms with Gasteiger partial charge in [0, 0.05) is 17.9 Å². The molecule has 26 heavy (non-hydrogen) atoms. The molecule has 1 aromatic heterocycles. The molecule has 0 radical (unpaired) electrons. The van der Waals surface area contributed by atoms with Crippen LogP contribution in [0.25, 0.3) is 5.82 Å². The number of hydrogen-bond acceptors (Lipinski definition) is 3. The normalized spacial score (nSPS) is 17.2. The Bertz CT molecular complexity index is 989. The van der Waals surface area contributed by atoms with Gasteiger partial charge in [-0.05, 0) is 62.6 Å². The molecule has 0 amide bonds. The zero-order valence-corrected chi connectivity index (χ0v) is 15.5. The van der Waals surface area contributed by atoms with Crippen molar-refractivity contribution in [1.82, 2.24) is 9.78 Å². The number of allylic oxidation sites excluding steroid dienone is 1. The summed E-state index contributed by atoms with van der Waals surface area (Å²) in [5.74, 6) is 3.22. The Morgan fingerprint density at radius 3 is 2.92 bits per heavy atom. The molecular formula is C22H23N3O. The quantitative estimate of drug-likeness (QED) is 0.630. The van der Waals surface area contributed by atoms with Crippen molar-refractivity contribution in [3.05, 3.63) is 68.6 Å². The molecule has 1 atom stereocenters. The first-order valence-corrected chi connectivity index (χ1v) is 8.87. The van der Waals surface area contributed by atoms with E-state index in [9.17, 15) is 4.79 Å². The number of aryl methyl sites for hydroxylation is 2. The first-order chi connectivity index (χ1) is 12.5. The van der Waals surface area contributed by atoms with Gasteiger partial charge in [0.05, 0.1) is 6.20 Å². The van der Waals surface area contributed by atoms with E-state index in [0.717, 1.165) is 30.4 Å². The fraction of sp³-hybridized carbons (Fsp3) is 0.318. The van der Waals surface area contributed by atoms with Crippen LogP contribution in [0, 0.1) is 26.2 Å². The van der Waals surface area contributed by atoms with Crippen molar-refractivity contribution >= 4 is 12.0 Å². The van der Waals surface area contributed by atoms with Crippen molar-refractivity contribution in [1.29, 1.82) is 0 Å². The largest absolute Gasteiger partial charge is 0.276 e. The number of nitrogens with zero attached hydrogens (tertiary/aromatic N) is 3. The number of benzene rings is 1. The Morgan fingerprint density at radius 1 is 1.42 bits per heavy atom. The van der Waals surface area contributed by atoms with Gasteiger partial charge >= 0.3 is 0 Å². The van der Waals surface area contributed by atoms with E-state index in [1.807, 2.05) is 0 Å². The molecule has 0 saturated heterocycles. The van der Waals surface area contributed by atoms with Crippen molar-refractivity contribution in [2.75, 3.05) is 0 Å². The lowest BCUT2D eigenvalue weighted by Gasteiger charge is -2.26. The molecule has 1 unspecified atom stereocenters. The summed E-state index contributed by atoms with van der Waals surface area (Å²) in [6.45, 7) is 6.05. The lowest BCUT2D eigenvalue weighted by molar-refractivity contribution is 0.566. The van der Waals surface area contributed by atoms with Gasteiger partial charge in [-0.15, -0.1) is 6.42 Å². The van der Waals surface area contributed by atoms with Gasteiger partial charge in [-0.3, -0.25) is 4.79 Å². The van der Waals surface area contributed by atoms with E-state index in [1.54, 1.807) is 19.3 Å². The van der Waals surface area contributed by atoms with Crippen LogP contribution in [0.5, 0.6) is 0 Å². The van der Waals surface area contributed by atoms with Gasteiger partial charge < -0.3 is 0 Å². The van der Waals surface area contributed by atoms with E-state index in [-0.39, 0.29) is 5.56 Å². The van der Waals surface area contributed by atoms with Gasteiger partial charge in [-0.1, -0.05) is 29.7 Å². The van der Waals surface area contributed by atoms with Gasteiger partial charge in [0.15, 0.2) is 5.82 Å². The number of aliphatic imine (C=N–C) groups is 1. The van der Waals surface area contributed by atoms with E-state index < -0.39 is 0 Å². The third-order valence-electron chi connectivity index (χ3n) is 4.93.